The summed E-state index contributed by atoms with van der Waals surface area (Å²) in [6, 6.07) is 11.5. The summed E-state index contributed by atoms with van der Waals surface area (Å²) in [6.45, 7) is 1.80. The average molecular weight is 556 g/mol. The molecular weight excluding hydrogens is 528 g/mol. The molecule has 0 unspecified atom stereocenters. The quantitative estimate of drug-likeness (QED) is 0.0683. The number of pyridine rings is 1. The first-order valence-electron chi connectivity index (χ1n) is 11.8. The molecule has 39 heavy (non-hydrogen) atoms. The van der Waals surface area contributed by atoms with Crippen molar-refractivity contribution in [3.05, 3.63) is 75.6 Å². The second kappa shape index (κ2) is 12.2. The molecule has 0 atom stereocenters. The molecule has 6 N–H and O–H groups in total. The smallest absolute Gasteiger partial charge is 0.417 e. The van der Waals surface area contributed by atoms with Gasteiger partial charge in [0.2, 0.25) is 0 Å². The predicted molar refractivity (Wildman–Crippen MR) is 136 cm³/mol. The van der Waals surface area contributed by atoms with Crippen molar-refractivity contribution in [3.8, 4) is 28.1 Å². The molecule has 0 aliphatic rings. The Morgan fingerprint density at radius 2 is 1.67 bits per heavy atom. The Hall–Kier alpha value is -4.00. The van der Waals surface area contributed by atoms with Gasteiger partial charge >= 0.3 is 12.4 Å². The van der Waals surface area contributed by atoms with Gasteiger partial charge in [0.05, 0.1) is 17.7 Å². The van der Waals surface area contributed by atoms with Crippen molar-refractivity contribution in [1.82, 2.24) is 10.4 Å². The van der Waals surface area contributed by atoms with Gasteiger partial charge in [0, 0.05) is 23.2 Å². The minimum absolute atomic E-state index is 0.0507. The van der Waals surface area contributed by atoms with Crippen LogP contribution in [-0.4, -0.2) is 23.6 Å². The van der Waals surface area contributed by atoms with Crippen LogP contribution in [0.5, 0.6) is 5.75 Å². The Labute approximate surface area is 219 Å². The molecule has 210 valence electrons. The number of benzene rings is 2. The monoisotopic (exact) mass is 555 g/mol. The van der Waals surface area contributed by atoms with Crippen LogP contribution >= 0.6 is 0 Å². The van der Waals surface area contributed by atoms with E-state index in [0.29, 0.717) is 5.56 Å². The van der Waals surface area contributed by atoms with Crippen molar-refractivity contribution in [2.45, 2.75) is 45.0 Å². The van der Waals surface area contributed by atoms with Crippen LogP contribution in [0.15, 0.2) is 58.4 Å². The highest BCUT2D eigenvalue weighted by Gasteiger charge is 2.35. The number of nitrogens with one attached hydrogen (secondary N) is 2. The van der Waals surface area contributed by atoms with Gasteiger partial charge in [-0.25, -0.2) is 5.84 Å². The third kappa shape index (κ3) is 7.76. The van der Waals surface area contributed by atoms with E-state index in [4.69, 9.17) is 16.4 Å². The molecule has 3 rings (SSSR count). The number of unbranched alkanes of at least 4 members (excludes halogenated alkanes) is 2. The predicted octanol–water partition coefficient (Wildman–Crippen LogP) is 5.62. The maximum absolute atomic E-state index is 14.1. The first-order valence-corrected chi connectivity index (χ1v) is 11.8. The first-order chi connectivity index (χ1) is 18.3. The second-order valence-corrected chi connectivity index (χ2v) is 8.77. The summed E-state index contributed by atoms with van der Waals surface area (Å²) in [4.78, 5) is 15.5. The van der Waals surface area contributed by atoms with Crippen LogP contribution in [0.3, 0.4) is 0 Å². The summed E-state index contributed by atoms with van der Waals surface area (Å²) in [5.74, 6) is 10.6. The van der Waals surface area contributed by atoms with Gasteiger partial charge in [0.15, 0.2) is 5.84 Å². The standard InChI is InChI=1S/C26H27F6N5O2/c1-15-5-7-16(8-6-15)19-14-21(35-24(38)22(19)23(36-33)37-34)18-10-9-17(13-20(18)26(30,31)32)39-12-4-2-3-11-25(27,28)29/h5-10,13-14H,2-4,11-12,33-34H2,1H3,(H,35,38)(H,36,37). The summed E-state index contributed by atoms with van der Waals surface area (Å²) >= 11 is 0. The third-order valence-corrected chi connectivity index (χ3v) is 5.86. The molecule has 0 saturated heterocycles. The Morgan fingerprint density at radius 1 is 0.974 bits per heavy atom. The minimum atomic E-state index is -4.82. The lowest BCUT2D eigenvalue weighted by Gasteiger charge is -2.17. The maximum atomic E-state index is 14.1. The molecule has 7 nitrogen and oxygen atoms in total. The second-order valence-electron chi connectivity index (χ2n) is 8.77. The molecule has 0 bridgehead atoms. The van der Waals surface area contributed by atoms with Crippen molar-refractivity contribution in [3.63, 3.8) is 0 Å². The number of hydrogen-bond acceptors (Lipinski definition) is 5. The number of rotatable bonds is 9. The summed E-state index contributed by atoms with van der Waals surface area (Å²) in [5, 5.41) is 3.48. The number of hydrogen-bond donors (Lipinski definition) is 4. The maximum Gasteiger partial charge on any atom is 0.417 e. The lowest BCUT2D eigenvalue weighted by atomic mass is 9.95. The molecule has 2 aromatic carbocycles. The van der Waals surface area contributed by atoms with Gasteiger partial charge in [0.1, 0.15) is 5.75 Å². The largest absolute Gasteiger partial charge is 0.494 e. The number of nitrogens with zero attached hydrogens (tertiary/aromatic N) is 1. The number of aryl methyl sites for hydroxylation is 1. The summed E-state index contributed by atoms with van der Waals surface area (Å²) in [6.07, 6.45) is -9.64. The van der Waals surface area contributed by atoms with E-state index < -0.39 is 29.9 Å². The van der Waals surface area contributed by atoms with Crippen molar-refractivity contribution in [2.24, 2.45) is 16.8 Å². The molecule has 0 fully saturated rings. The number of aromatic nitrogens is 1. The van der Waals surface area contributed by atoms with Gasteiger partial charge in [-0.15, -0.1) is 0 Å². The zero-order valence-electron chi connectivity index (χ0n) is 20.8. The van der Waals surface area contributed by atoms with Gasteiger partial charge in [-0.05, 0) is 56.0 Å². The summed E-state index contributed by atoms with van der Waals surface area (Å²) in [5.41, 5.74) is 1.54. The number of halogens is 6. The van der Waals surface area contributed by atoms with E-state index in [0.717, 1.165) is 17.7 Å². The van der Waals surface area contributed by atoms with Crippen LogP contribution in [0.25, 0.3) is 22.4 Å². The van der Waals surface area contributed by atoms with Crippen molar-refractivity contribution >= 4 is 5.84 Å². The van der Waals surface area contributed by atoms with E-state index in [1.807, 2.05) is 6.92 Å². The van der Waals surface area contributed by atoms with Crippen LogP contribution in [0.4, 0.5) is 26.3 Å². The molecular formula is C26H27F6N5O2. The minimum Gasteiger partial charge on any atom is -0.494 e. The Bertz CT molecular complexity index is 1370. The zero-order valence-corrected chi connectivity index (χ0v) is 20.8. The van der Waals surface area contributed by atoms with Gasteiger partial charge in [-0.3, -0.25) is 4.79 Å². The fraction of sp³-hybridized carbons (Fsp3) is 0.308. The molecule has 0 saturated carbocycles. The first kappa shape index (κ1) is 29.6. The highest BCUT2D eigenvalue weighted by molar-refractivity contribution is 6.04. The topological polar surface area (TPSA) is 119 Å². The van der Waals surface area contributed by atoms with Crippen LogP contribution in [0.1, 0.15) is 42.4 Å². The number of amidine groups is 1. The number of hydrazine groups is 1. The highest BCUT2D eigenvalue weighted by atomic mass is 19.4. The molecule has 13 heteroatoms. The van der Waals surface area contributed by atoms with Crippen molar-refractivity contribution in [2.75, 3.05) is 6.61 Å². The van der Waals surface area contributed by atoms with E-state index in [1.54, 1.807) is 24.3 Å². The number of H-pyrrole nitrogens is 1. The van der Waals surface area contributed by atoms with Crippen LogP contribution in [-0.2, 0) is 6.18 Å². The Kier molecular flexibility index (Phi) is 9.28. The Morgan fingerprint density at radius 3 is 2.26 bits per heavy atom. The molecule has 0 amide bonds. The third-order valence-electron chi connectivity index (χ3n) is 5.86. The number of nitrogens with two attached hydrogens (primary N) is 2. The van der Waals surface area contributed by atoms with E-state index in [1.165, 1.54) is 12.1 Å². The molecule has 0 aliphatic carbocycles. The van der Waals surface area contributed by atoms with Gasteiger partial charge in [-0.1, -0.05) is 29.8 Å². The molecule has 0 spiro atoms. The van der Waals surface area contributed by atoms with E-state index in [9.17, 15) is 31.1 Å². The number of ether oxygens (including phenoxy) is 1. The fourth-order valence-electron chi connectivity index (χ4n) is 3.95. The van der Waals surface area contributed by atoms with Crippen molar-refractivity contribution < 1.29 is 31.1 Å². The number of hydrazone groups is 1. The lowest BCUT2D eigenvalue weighted by molar-refractivity contribution is -0.137. The van der Waals surface area contributed by atoms with Gasteiger partial charge in [-0.2, -0.15) is 31.4 Å². The van der Waals surface area contributed by atoms with Crippen LogP contribution < -0.4 is 27.4 Å². The van der Waals surface area contributed by atoms with Gasteiger partial charge < -0.3 is 21.0 Å². The molecule has 0 radical (unpaired) electrons. The number of aromatic amines is 1. The molecule has 3 aromatic rings. The molecule has 1 heterocycles. The van der Waals surface area contributed by atoms with Crippen molar-refractivity contribution in [1.29, 1.82) is 0 Å². The zero-order chi connectivity index (χ0) is 28.8. The molecule has 1 aromatic heterocycles. The van der Waals surface area contributed by atoms with E-state index in [2.05, 4.69) is 15.5 Å². The molecule has 0 aliphatic heterocycles. The highest BCUT2D eigenvalue weighted by Crippen LogP contribution is 2.39. The fourth-order valence-corrected chi connectivity index (χ4v) is 3.95. The van der Waals surface area contributed by atoms with E-state index >= 15 is 0 Å². The lowest BCUT2D eigenvalue weighted by Crippen LogP contribution is -2.37. The Balaban J connectivity index is 1.99. The normalized spacial score (nSPS) is 12.5. The summed E-state index contributed by atoms with van der Waals surface area (Å²) < 4.78 is 84.3. The SMILES string of the molecule is Cc1ccc(-c2cc(-c3ccc(OCCCCCC(F)(F)F)cc3C(F)(F)F)[nH]c(=O)c2/C(=N/N)NN)cc1. The van der Waals surface area contributed by atoms with Crippen LogP contribution in [0.2, 0.25) is 0 Å². The summed E-state index contributed by atoms with van der Waals surface area (Å²) in [7, 11) is 0. The van der Waals surface area contributed by atoms with Crippen LogP contribution in [0, 0.1) is 6.92 Å². The average Bonchev–Trinajstić information content (AvgIpc) is 2.86. The van der Waals surface area contributed by atoms with E-state index in [-0.39, 0.29) is 59.8 Å². The van der Waals surface area contributed by atoms with Gasteiger partial charge in [0.25, 0.3) is 5.56 Å². The number of alkyl halides is 6.